The molecule has 0 unspecified atom stereocenters. The number of nitrogens with two attached hydrogens (primary N) is 2. The number of nitrogens with one attached hydrogen (secondary N) is 1. The van der Waals surface area contributed by atoms with Gasteiger partial charge >= 0.3 is 0 Å². The molecule has 0 bridgehead atoms. The van der Waals surface area contributed by atoms with Crippen LogP contribution < -0.4 is 16.9 Å². The van der Waals surface area contributed by atoms with Crippen molar-refractivity contribution in [3.8, 4) is 0 Å². The number of hydrazone groups is 1. The van der Waals surface area contributed by atoms with Crippen LogP contribution in [0.4, 0.5) is 0 Å². The van der Waals surface area contributed by atoms with E-state index in [2.05, 4.69) is 10.4 Å². The van der Waals surface area contributed by atoms with Gasteiger partial charge < -0.3 is 26.4 Å². The van der Waals surface area contributed by atoms with E-state index in [1.807, 2.05) is 0 Å². The van der Waals surface area contributed by atoms with Gasteiger partial charge in [0.2, 0.25) is 5.91 Å². The molecule has 0 fully saturated rings. The zero-order valence-electron chi connectivity index (χ0n) is 21.1. The van der Waals surface area contributed by atoms with Crippen molar-refractivity contribution >= 4 is 17.5 Å². The summed E-state index contributed by atoms with van der Waals surface area (Å²) in [5.41, 5.74) is 5.58. The zero-order valence-corrected chi connectivity index (χ0v) is 21.1. The summed E-state index contributed by atoms with van der Waals surface area (Å²) in [7, 11) is 0. The number of carbonyl (C=O) groups excluding carboxylic acids is 2. The molecule has 0 aliphatic heterocycles. The molecule has 0 rings (SSSR count). The maximum Gasteiger partial charge on any atom is 0.220 e. The van der Waals surface area contributed by atoms with Gasteiger partial charge in [-0.25, -0.2) is 0 Å². The number of amidine groups is 1. The van der Waals surface area contributed by atoms with Crippen LogP contribution in [0.2, 0.25) is 0 Å². The van der Waals surface area contributed by atoms with E-state index in [0.29, 0.717) is 38.6 Å². The summed E-state index contributed by atoms with van der Waals surface area (Å²) in [6.07, 6.45) is 18.9. The predicted molar refractivity (Wildman–Crippen MR) is 135 cm³/mol. The molecule has 8 heteroatoms. The molecule has 0 aromatic carbocycles. The van der Waals surface area contributed by atoms with Crippen LogP contribution in [-0.2, 0) is 19.1 Å². The summed E-state index contributed by atoms with van der Waals surface area (Å²) in [4.78, 5) is 22.5. The summed E-state index contributed by atoms with van der Waals surface area (Å²) in [6, 6.07) is 0. The molecule has 33 heavy (non-hydrogen) atoms. The van der Waals surface area contributed by atoms with Crippen LogP contribution in [0.1, 0.15) is 110 Å². The fourth-order valence-corrected chi connectivity index (χ4v) is 3.56. The van der Waals surface area contributed by atoms with Crippen molar-refractivity contribution in [2.75, 3.05) is 33.0 Å². The van der Waals surface area contributed by atoms with E-state index in [4.69, 9.17) is 21.1 Å². The van der Waals surface area contributed by atoms with Crippen LogP contribution in [0.5, 0.6) is 0 Å². The maximum absolute atomic E-state index is 11.8. The minimum atomic E-state index is 0.00788. The molecule has 0 heterocycles. The first-order valence-electron chi connectivity index (χ1n) is 13.0. The molecule has 0 atom stereocenters. The van der Waals surface area contributed by atoms with Gasteiger partial charge in [-0.2, -0.15) is 5.10 Å². The van der Waals surface area contributed by atoms with Crippen LogP contribution >= 0.6 is 0 Å². The third-order valence-electron chi connectivity index (χ3n) is 5.50. The normalized spacial score (nSPS) is 11.6. The van der Waals surface area contributed by atoms with Crippen LogP contribution in [0.15, 0.2) is 5.10 Å². The highest BCUT2D eigenvalue weighted by Gasteiger charge is 2.01. The van der Waals surface area contributed by atoms with Gasteiger partial charge in [0.25, 0.3) is 0 Å². The van der Waals surface area contributed by atoms with Gasteiger partial charge in [0.15, 0.2) is 5.78 Å². The first-order chi connectivity index (χ1) is 16.1. The monoisotopic (exact) mass is 470 g/mol. The van der Waals surface area contributed by atoms with E-state index in [9.17, 15) is 9.59 Å². The van der Waals surface area contributed by atoms with Crippen LogP contribution in [0, 0.1) is 0 Å². The van der Waals surface area contributed by atoms with E-state index in [0.717, 1.165) is 25.7 Å². The Balaban J connectivity index is 3.18. The molecule has 0 saturated carbocycles. The number of ketones is 1. The molecule has 194 valence electrons. The van der Waals surface area contributed by atoms with Crippen molar-refractivity contribution in [1.29, 1.82) is 0 Å². The van der Waals surface area contributed by atoms with Crippen molar-refractivity contribution in [3.05, 3.63) is 0 Å². The highest BCUT2D eigenvalue weighted by atomic mass is 16.5. The van der Waals surface area contributed by atoms with Crippen LogP contribution in [-0.4, -0.2) is 50.5 Å². The summed E-state index contributed by atoms with van der Waals surface area (Å²) in [5, 5.41) is 6.36. The zero-order chi connectivity index (χ0) is 24.4. The summed E-state index contributed by atoms with van der Waals surface area (Å²) < 4.78 is 10.4. The van der Waals surface area contributed by atoms with E-state index in [1.165, 1.54) is 77.6 Å². The van der Waals surface area contributed by atoms with Crippen molar-refractivity contribution in [1.82, 2.24) is 5.32 Å². The maximum atomic E-state index is 11.8. The van der Waals surface area contributed by atoms with Gasteiger partial charge in [-0.15, -0.1) is 0 Å². The number of rotatable bonds is 25. The topological polar surface area (TPSA) is 129 Å². The lowest BCUT2D eigenvalue weighted by Crippen LogP contribution is -2.27. The summed E-state index contributed by atoms with van der Waals surface area (Å²) in [6.45, 7) is 3.44. The fraction of sp³-hybridized carbons (Fsp3) is 0.880. The van der Waals surface area contributed by atoms with Crippen molar-refractivity contribution in [2.45, 2.75) is 110 Å². The highest BCUT2D eigenvalue weighted by molar-refractivity contribution is 5.79. The van der Waals surface area contributed by atoms with Gasteiger partial charge in [-0.1, -0.05) is 77.0 Å². The number of hydrogen-bond donors (Lipinski definition) is 3. The van der Waals surface area contributed by atoms with Crippen LogP contribution in [0.25, 0.3) is 0 Å². The molecule has 0 aliphatic carbocycles. The third-order valence-corrected chi connectivity index (χ3v) is 5.50. The lowest BCUT2D eigenvalue weighted by atomic mass is 10.0. The average Bonchev–Trinajstić information content (AvgIpc) is 2.80. The summed E-state index contributed by atoms with van der Waals surface area (Å²) >= 11 is 0. The predicted octanol–water partition coefficient (Wildman–Crippen LogP) is 4.20. The number of hydrogen-bond acceptors (Lipinski definition) is 6. The van der Waals surface area contributed by atoms with E-state index in [1.54, 1.807) is 0 Å². The SMILES string of the molecule is CC(=O)COCCOCCNC(=O)CCCCCCCCCCCCCCCC/C(N)=N/N. The Morgan fingerprint density at radius 3 is 1.64 bits per heavy atom. The fourth-order valence-electron chi connectivity index (χ4n) is 3.56. The lowest BCUT2D eigenvalue weighted by Gasteiger charge is -2.07. The quantitative estimate of drug-likeness (QED) is 0.0603. The Morgan fingerprint density at radius 1 is 0.697 bits per heavy atom. The van der Waals surface area contributed by atoms with Gasteiger partial charge in [0, 0.05) is 19.4 Å². The molecule has 0 aromatic rings. The van der Waals surface area contributed by atoms with Gasteiger partial charge in [-0.05, 0) is 19.8 Å². The van der Waals surface area contributed by atoms with Crippen molar-refractivity contribution in [2.24, 2.45) is 16.7 Å². The van der Waals surface area contributed by atoms with Gasteiger partial charge in [0.1, 0.15) is 12.4 Å². The second-order valence-electron chi connectivity index (χ2n) is 8.79. The Hall–Kier alpha value is -1.67. The molecule has 0 saturated heterocycles. The van der Waals surface area contributed by atoms with Crippen molar-refractivity contribution < 1.29 is 19.1 Å². The standard InChI is InChI=1S/C25H50N4O4/c1-23(30)22-33-21-20-32-19-18-28-25(31)17-15-13-11-9-7-5-3-2-4-6-8-10-12-14-16-24(26)29-27/h2-22,27H2,1H3,(H2,26,29)(H,28,31). The molecule has 0 aliphatic rings. The molecule has 0 radical (unpaired) electrons. The first-order valence-corrected chi connectivity index (χ1v) is 13.0. The smallest absolute Gasteiger partial charge is 0.220 e. The Labute approximate surface area is 201 Å². The number of amides is 1. The molecule has 5 N–H and O–H groups in total. The second-order valence-corrected chi connectivity index (χ2v) is 8.79. The summed E-state index contributed by atoms with van der Waals surface area (Å²) in [5.74, 6) is 5.78. The van der Waals surface area contributed by atoms with Crippen molar-refractivity contribution in [3.63, 3.8) is 0 Å². The van der Waals surface area contributed by atoms with E-state index < -0.39 is 0 Å². The molecular weight excluding hydrogens is 420 g/mol. The number of carbonyl (C=O) groups is 2. The minimum absolute atomic E-state index is 0.00788. The first kappa shape index (κ1) is 31.3. The van der Waals surface area contributed by atoms with Gasteiger partial charge in [-0.3, -0.25) is 9.59 Å². The Bertz CT molecular complexity index is 501. The lowest BCUT2D eigenvalue weighted by molar-refractivity contribution is -0.123. The van der Waals surface area contributed by atoms with E-state index >= 15 is 0 Å². The number of Topliss-reactive ketones (excluding diaryl/α,β-unsaturated/α-hetero) is 1. The molecule has 8 nitrogen and oxygen atoms in total. The van der Waals surface area contributed by atoms with Gasteiger partial charge in [0.05, 0.1) is 19.8 Å². The Kier molecular flexibility index (Phi) is 23.7. The number of nitrogens with zero attached hydrogens (tertiary/aromatic N) is 1. The largest absolute Gasteiger partial charge is 0.386 e. The third kappa shape index (κ3) is 26.5. The average molecular weight is 471 g/mol. The molecule has 1 amide bonds. The van der Waals surface area contributed by atoms with E-state index in [-0.39, 0.29) is 18.3 Å². The van der Waals surface area contributed by atoms with Crippen LogP contribution in [0.3, 0.4) is 0 Å². The minimum Gasteiger partial charge on any atom is -0.386 e. The molecule has 0 aromatic heterocycles. The second kappa shape index (κ2) is 25.0. The highest BCUT2D eigenvalue weighted by Crippen LogP contribution is 2.13. The molecule has 0 spiro atoms. The molecular formula is C25H50N4O4. The number of ether oxygens (including phenoxy) is 2. The number of unbranched alkanes of at least 4 members (excludes halogenated alkanes) is 13. The Morgan fingerprint density at radius 2 is 1.15 bits per heavy atom.